The highest BCUT2D eigenvalue weighted by Crippen LogP contribution is 2.28. The Balaban J connectivity index is 1.71. The highest BCUT2D eigenvalue weighted by atomic mass is 32.1. The molecule has 3 heterocycles. The molecule has 1 fully saturated rings. The van der Waals surface area contributed by atoms with Gasteiger partial charge in [-0.2, -0.15) is 10.5 Å². The molecule has 10 heteroatoms. The summed E-state index contributed by atoms with van der Waals surface area (Å²) in [5.41, 5.74) is 1.30. The minimum absolute atomic E-state index is 0.214. The minimum Gasteiger partial charge on any atom is -0.339 e. The highest BCUT2D eigenvalue weighted by Gasteiger charge is 2.23. The third-order valence-electron chi connectivity index (χ3n) is 4.94. The van der Waals surface area contributed by atoms with Gasteiger partial charge in [0.25, 0.3) is 5.91 Å². The summed E-state index contributed by atoms with van der Waals surface area (Å²) >= 11 is 1.33. The van der Waals surface area contributed by atoms with E-state index in [1.165, 1.54) is 16.2 Å². The van der Waals surface area contributed by atoms with Crippen LogP contribution >= 0.6 is 11.3 Å². The van der Waals surface area contributed by atoms with Crippen molar-refractivity contribution in [3.8, 4) is 12.1 Å². The number of aromatic nitrogens is 3. The van der Waals surface area contributed by atoms with Gasteiger partial charge in [0.2, 0.25) is 0 Å². The molecule has 30 heavy (non-hydrogen) atoms. The zero-order valence-corrected chi connectivity index (χ0v) is 17.9. The van der Waals surface area contributed by atoms with Gasteiger partial charge in [-0.05, 0) is 26.3 Å². The fourth-order valence-corrected chi connectivity index (χ4v) is 4.15. The van der Waals surface area contributed by atoms with Crippen LogP contribution in [-0.2, 0) is 0 Å². The summed E-state index contributed by atoms with van der Waals surface area (Å²) in [6.07, 6.45) is 2.35. The number of thiazole rings is 1. The van der Waals surface area contributed by atoms with Crippen LogP contribution in [0.25, 0.3) is 0 Å². The number of aryl methyl sites for hydroxylation is 1. The van der Waals surface area contributed by atoms with Crippen LogP contribution in [0.15, 0.2) is 11.4 Å². The number of anilines is 2. The van der Waals surface area contributed by atoms with Crippen molar-refractivity contribution in [3.05, 3.63) is 28.7 Å². The monoisotopic (exact) mass is 424 g/mol. The molecule has 2 aromatic heterocycles. The van der Waals surface area contributed by atoms with E-state index < -0.39 is 0 Å². The van der Waals surface area contributed by atoms with Crippen molar-refractivity contribution in [1.29, 1.82) is 10.5 Å². The molecule has 1 amide bonds. The fourth-order valence-electron chi connectivity index (χ4n) is 3.46. The molecule has 1 saturated heterocycles. The van der Waals surface area contributed by atoms with Crippen LogP contribution in [0.3, 0.4) is 0 Å². The zero-order valence-electron chi connectivity index (χ0n) is 17.1. The Bertz CT molecular complexity index is 976. The second-order valence-corrected chi connectivity index (χ2v) is 8.11. The second kappa shape index (κ2) is 10.1. The maximum atomic E-state index is 12.4. The van der Waals surface area contributed by atoms with E-state index in [1.807, 2.05) is 19.1 Å². The van der Waals surface area contributed by atoms with E-state index in [0.29, 0.717) is 35.6 Å². The largest absolute Gasteiger partial charge is 0.339 e. The number of likely N-dealkylation sites (tertiary alicyclic amines) is 1. The maximum absolute atomic E-state index is 12.4. The van der Waals surface area contributed by atoms with Crippen LogP contribution in [0.4, 0.5) is 10.9 Å². The SMILES string of the molecule is Cc1nc(Nc2nc(C(=O)N(C)CCC#N)cs2)cc(C2CCCN(CC#N)C2)n1. The molecule has 0 spiro atoms. The Kier molecular flexibility index (Phi) is 7.28. The van der Waals surface area contributed by atoms with Crippen molar-refractivity contribution in [3.63, 3.8) is 0 Å². The lowest BCUT2D eigenvalue weighted by Crippen LogP contribution is -2.35. The summed E-state index contributed by atoms with van der Waals surface area (Å²) in [4.78, 5) is 29.5. The third kappa shape index (κ3) is 5.50. The lowest BCUT2D eigenvalue weighted by atomic mass is 9.94. The summed E-state index contributed by atoms with van der Waals surface area (Å²) in [6.45, 7) is 4.41. The molecule has 0 radical (unpaired) electrons. The van der Waals surface area contributed by atoms with Crippen molar-refractivity contribution in [2.45, 2.75) is 32.1 Å². The number of carbonyl (C=O) groups is 1. The third-order valence-corrected chi connectivity index (χ3v) is 5.70. The van der Waals surface area contributed by atoms with E-state index in [-0.39, 0.29) is 18.2 Å². The molecule has 0 bridgehead atoms. The van der Waals surface area contributed by atoms with Crippen LogP contribution in [0.1, 0.15) is 47.2 Å². The summed E-state index contributed by atoms with van der Waals surface area (Å²) in [7, 11) is 1.66. The second-order valence-electron chi connectivity index (χ2n) is 7.26. The number of nitrogens with one attached hydrogen (secondary N) is 1. The summed E-state index contributed by atoms with van der Waals surface area (Å²) in [5, 5.41) is 23.1. The smallest absolute Gasteiger partial charge is 0.273 e. The molecule has 9 nitrogen and oxygen atoms in total. The first kappa shape index (κ1) is 21.6. The fraction of sp³-hybridized carbons (Fsp3) is 0.500. The number of hydrogen-bond acceptors (Lipinski definition) is 9. The molecule has 3 rings (SSSR count). The molecule has 156 valence electrons. The van der Waals surface area contributed by atoms with Crippen LogP contribution in [0.5, 0.6) is 0 Å². The van der Waals surface area contributed by atoms with Gasteiger partial charge in [0.1, 0.15) is 17.3 Å². The van der Waals surface area contributed by atoms with Gasteiger partial charge in [-0.15, -0.1) is 11.3 Å². The predicted molar refractivity (Wildman–Crippen MR) is 113 cm³/mol. The summed E-state index contributed by atoms with van der Waals surface area (Å²) in [5.74, 6) is 1.35. The maximum Gasteiger partial charge on any atom is 0.273 e. The van der Waals surface area contributed by atoms with E-state index in [2.05, 4.69) is 31.2 Å². The zero-order chi connectivity index (χ0) is 21.5. The molecule has 2 aromatic rings. The Labute approximate surface area is 180 Å². The first-order valence-corrected chi connectivity index (χ1v) is 10.7. The molecule has 0 saturated carbocycles. The van der Waals surface area contributed by atoms with Gasteiger partial charge in [0, 0.05) is 37.5 Å². The molecule has 0 aliphatic carbocycles. The number of nitriles is 2. The van der Waals surface area contributed by atoms with E-state index >= 15 is 0 Å². The Morgan fingerprint density at radius 3 is 2.97 bits per heavy atom. The van der Waals surface area contributed by atoms with Gasteiger partial charge >= 0.3 is 0 Å². The number of nitrogens with zero attached hydrogens (tertiary/aromatic N) is 7. The quantitative estimate of drug-likeness (QED) is 0.673. The lowest BCUT2D eigenvalue weighted by Gasteiger charge is -2.30. The number of amides is 1. The molecule has 1 N–H and O–H groups in total. The molecule has 1 atom stereocenters. The summed E-state index contributed by atoms with van der Waals surface area (Å²) < 4.78 is 0. The first-order chi connectivity index (χ1) is 14.5. The van der Waals surface area contributed by atoms with Crippen molar-refractivity contribution >= 4 is 28.2 Å². The van der Waals surface area contributed by atoms with Gasteiger partial charge in [0.05, 0.1) is 30.8 Å². The summed E-state index contributed by atoms with van der Waals surface area (Å²) in [6, 6.07) is 6.18. The van der Waals surface area contributed by atoms with Gasteiger partial charge in [-0.3, -0.25) is 9.69 Å². The van der Waals surface area contributed by atoms with Gasteiger partial charge in [-0.25, -0.2) is 15.0 Å². The predicted octanol–water partition coefficient (Wildman–Crippen LogP) is 2.67. The van der Waals surface area contributed by atoms with Gasteiger partial charge < -0.3 is 10.2 Å². The Morgan fingerprint density at radius 1 is 1.37 bits per heavy atom. The van der Waals surface area contributed by atoms with Crippen LogP contribution in [0.2, 0.25) is 0 Å². The van der Waals surface area contributed by atoms with Crippen molar-refractivity contribution in [2.75, 3.05) is 38.5 Å². The first-order valence-electron chi connectivity index (χ1n) is 9.80. The molecular formula is C20H24N8OS. The van der Waals surface area contributed by atoms with Crippen molar-refractivity contribution < 1.29 is 4.79 Å². The van der Waals surface area contributed by atoms with E-state index in [0.717, 1.165) is 31.6 Å². The molecule has 1 aliphatic rings. The van der Waals surface area contributed by atoms with Gasteiger partial charge in [-0.1, -0.05) is 0 Å². The van der Waals surface area contributed by atoms with E-state index in [1.54, 1.807) is 12.4 Å². The van der Waals surface area contributed by atoms with Crippen molar-refractivity contribution in [2.24, 2.45) is 0 Å². The molecule has 1 aliphatic heterocycles. The molecule has 0 aromatic carbocycles. The van der Waals surface area contributed by atoms with Crippen LogP contribution < -0.4 is 5.32 Å². The van der Waals surface area contributed by atoms with E-state index in [9.17, 15) is 4.79 Å². The highest BCUT2D eigenvalue weighted by molar-refractivity contribution is 7.14. The molecule has 1 unspecified atom stereocenters. The number of hydrogen-bond donors (Lipinski definition) is 1. The molecular weight excluding hydrogens is 400 g/mol. The topological polar surface area (TPSA) is 122 Å². The van der Waals surface area contributed by atoms with Crippen molar-refractivity contribution in [1.82, 2.24) is 24.8 Å². The van der Waals surface area contributed by atoms with Crippen LogP contribution in [-0.4, -0.2) is 63.9 Å². The minimum atomic E-state index is -0.214. The standard InChI is InChI=1S/C20H24N8OS/c1-14-23-16(15-5-3-9-28(12-15)10-7-22)11-18(24-14)26-20-25-17(13-30-20)19(29)27(2)8-4-6-21/h11,13,15H,3-5,8-10,12H2,1-2H3,(H,23,24,25,26). The average Bonchev–Trinajstić information content (AvgIpc) is 3.20. The Morgan fingerprint density at radius 2 is 2.20 bits per heavy atom. The number of carbonyl (C=O) groups excluding carboxylic acids is 1. The normalized spacial score (nSPS) is 16.5. The number of piperidine rings is 1. The van der Waals surface area contributed by atoms with Crippen LogP contribution in [0, 0.1) is 29.6 Å². The average molecular weight is 425 g/mol. The lowest BCUT2D eigenvalue weighted by molar-refractivity contribution is 0.0793. The Hall–Kier alpha value is -3.08. The van der Waals surface area contributed by atoms with Gasteiger partial charge in [0.15, 0.2) is 5.13 Å². The van der Waals surface area contributed by atoms with E-state index in [4.69, 9.17) is 10.5 Å². The number of rotatable bonds is 7.